The second kappa shape index (κ2) is 6.99. The molecule has 0 aromatic rings. The first-order valence-corrected chi connectivity index (χ1v) is 9.60. The molecule has 2 unspecified atom stereocenters. The Bertz CT molecular complexity index is 467. The van der Waals surface area contributed by atoms with Crippen LogP contribution >= 0.6 is 11.8 Å². The fourth-order valence-corrected chi connectivity index (χ4v) is 5.21. The Morgan fingerprint density at radius 2 is 2.17 bits per heavy atom. The molecule has 3 saturated heterocycles. The molecular weight excluding hydrogens is 314 g/mol. The molecule has 3 aliphatic rings. The number of amides is 2. The number of fused-ring (bicyclic) bond motifs is 1. The largest absolute Gasteiger partial charge is 0.378 e. The monoisotopic (exact) mass is 341 g/mol. The molecule has 0 aliphatic carbocycles. The summed E-state index contributed by atoms with van der Waals surface area (Å²) in [6, 6.07) is -0.269. The first-order chi connectivity index (χ1) is 11.0. The summed E-state index contributed by atoms with van der Waals surface area (Å²) >= 11 is 1.75. The highest BCUT2D eigenvalue weighted by Gasteiger charge is 2.53. The molecule has 130 valence electrons. The number of nitrogens with two attached hydrogens (primary N) is 1. The van der Waals surface area contributed by atoms with Gasteiger partial charge in [0.1, 0.15) is 6.04 Å². The number of piperidine rings is 1. The molecular formula is C16H27N3O3S. The number of hydrogen-bond acceptors (Lipinski definition) is 5. The molecule has 0 radical (unpaired) electrons. The number of carbonyl (C=O) groups is 2. The molecule has 23 heavy (non-hydrogen) atoms. The molecule has 0 bridgehead atoms. The lowest BCUT2D eigenvalue weighted by Crippen LogP contribution is -2.53. The van der Waals surface area contributed by atoms with Gasteiger partial charge in [-0.15, -0.1) is 11.8 Å². The first-order valence-electron chi connectivity index (χ1n) is 8.62. The number of thioether (sulfide) groups is 1. The van der Waals surface area contributed by atoms with Gasteiger partial charge in [-0.25, -0.2) is 0 Å². The maximum atomic E-state index is 12.9. The SMILES string of the molecule is CC12CCC(=O)N1C(C(=O)N1CCC(OCCCN)CC1)CS2. The van der Waals surface area contributed by atoms with Crippen LogP contribution in [0.4, 0.5) is 0 Å². The van der Waals surface area contributed by atoms with Crippen LogP contribution in [0.3, 0.4) is 0 Å². The highest BCUT2D eigenvalue weighted by atomic mass is 32.2. The quantitative estimate of drug-likeness (QED) is 0.749. The Hall–Kier alpha value is -0.790. The topological polar surface area (TPSA) is 75.9 Å². The van der Waals surface area contributed by atoms with Crippen molar-refractivity contribution < 1.29 is 14.3 Å². The fourth-order valence-electron chi connectivity index (χ4n) is 3.79. The molecule has 3 heterocycles. The normalized spacial score (nSPS) is 31.7. The summed E-state index contributed by atoms with van der Waals surface area (Å²) in [6.07, 6.45) is 4.31. The van der Waals surface area contributed by atoms with Crippen molar-refractivity contribution in [1.82, 2.24) is 9.80 Å². The maximum Gasteiger partial charge on any atom is 0.246 e. The molecule has 6 nitrogen and oxygen atoms in total. The van der Waals surface area contributed by atoms with Crippen molar-refractivity contribution in [2.75, 3.05) is 32.0 Å². The van der Waals surface area contributed by atoms with E-state index in [0.29, 0.717) is 19.6 Å². The van der Waals surface area contributed by atoms with Crippen LogP contribution in [0.15, 0.2) is 0 Å². The molecule has 2 N–H and O–H groups in total. The number of carbonyl (C=O) groups excluding carboxylic acids is 2. The fraction of sp³-hybridized carbons (Fsp3) is 0.875. The standard InChI is InChI=1S/C16H27N3O3S/c1-16-6-3-14(20)19(16)13(11-23-16)15(21)18-8-4-12(5-9-18)22-10-2-7-17/h12-13H,2-11,17H2,1H3. The lowest BCUT2D eigenvalue weighted by molar-refractivity contribution is -0.145. The van der Waals surface area contributed by atoms with E-state index >= 15 is 0 Å². The number of likely N-dealkylation sites (tertiary alicyclic amines) is 1. The zero-order valence-electron chi connectivity index (χ0n) is 13.8. The second-order valence-corrected chi connectivity index (χ2v) is 8.30. The molecule has 0 aromatic carbocycles. The van der Waals surface area contributed by atoms with Gasteiger partial charge in [-0.3, -0.25) is 9.59 Å². The van der Waals surface area contributed by atoms with Crippen LogP contribution in [0.25, 0.3) is 0 Å². The highest BCUT2D eigenvalue weighted by molar-refractivity contribution is 8.01. The zero-order valence-corrected chi connectivity index (χ0v) is 14.6. The lowest BCUT2D eigenvalue weighted by Gasteiger charge is -2.36. The van der Waals surface area contributed by atoms with Gasteiger partial charge in [0, 0.05) is 31.9 Å². The van der Waals surface area contributed by atoms with Gasteiger partial charge in [0.2, 0.25) is 11.8 Å². The molecule has 7 heteroatoms. The minimum atomic E-state index is -0.269. The van der Waals surface area contributed by atoms with Gasteiger partial charge in [-0.1, -0.05) is 0 Å². The van der Waals surface area contributed by atoms with Crippen molar-refractivity contribution in [1.29, 1.82) is 0 Å². The molecule has 0 spiro atoms. The van der Waals surface area contributed by atoms with Crippen molar-refractivity contribution >= 4 is 23.6 Å². The van der Waals surface area contributed by atoms with Crippen molar-refractivity contribution in [2.24, 2.45) is 5.73 Å². The Labute approximate surface area is 142 Å². The lowest BCUT2D eigenvalue weighted by atomic mass is 10.1. The molecule has 3 rings (SSSR count). The van der Waals surface area contributed by atoms with E-state index in [1.807, 2.05) is 9.80 Å². The minimum absolute atomic E-state index is 0.122. The second-order valence-electron chi connectivity index (χ2n) is 6.80. The average Bonchev–Trinajstić information content (AvgIpc) is 3.04. The van der Waals surface area contributed by atoms with Crippen LogP contribution in [0.2, 0.25) is 0 Å². The van der Waals surface area contributed by atoms with Gasteiger partial charge in [0.05, 0.1) is 11.0 Å². The Balaban J connectivity index is 1.53. The van der Waals surface area contributed by atoms with E-state index in [1.54, 1.807) is 11.8 Å². The van der Waals surface area contributed by atoms with Gasteiger partial charge >= 0.3 is 0 Å². The third-order valence-electron chi connectivity index (χ3n) is 5.19. The van der Waals surface area contributed by atoms with Crippen molar-refractivity contribution in [2.45, 2.75) is 56.0 Å². The molecule has 2 atom stereocenters. The molecule has 3 aliphatic heterocycles. The predicted octanol–water partition coefficient (Wildman–Crippen LogP) is 0.797. The van der Waals surface area contributed by atoms with Gasteiger partial charge in [-0.2, -0.15) is 0 Å². The van der Waals surface area contributed by atoms with Crippen LogP contribution in [0, 0.1) is 0 Å². The maximum absolute atomic E-state index is 12.9. The number of ether oxygens (including phenoxy) is 1. The average molecular weight is 341 g/mol. The van der Waals surface area contributed by atoms with Crippen LogP contribution < -0.4 is 5.73 Å². The Kier molecular flexibility index (Phi) is 5.18. The van der Waals surface area contributed by atoms with E-state index in [-0.39, 0.29) is 28.8 Å². The van der Waals surface area contributed by atoms with Crippen molar-refractivity contribution in [3.05, 3.63) is 0 Å². The van der Waals surface area contributed by atoms with E-state index in [4.69, 9.17) is 10.5 Å². The van der Waals surface area contributed by atoms with E-state index in [0.717, 1.165) is 44.5 Å². The van der Waals surface area contributed by atoms with Gasteiger partial charge < -0.3 is 20.3 Å². The summed E-state index contributed by atoms with van der Waals surface area (Å²) in [7, 11) is 0. The number of rotatable bonds is 5. The van der Waals surface area contributed by atoms with E-state index in [9.17, 15) is 9.59 Å². The summed E-state index contributed by atoms with van der Waals surface area (Å²) in [5.74, 6) is 0.987. The number of nitrogens with zero attached hydrogens (tertiary/aromatic N) is 2. The molecule has 3 fully saturated rings. The third kappa shape index (κ3) is 3.37. The first kappa shape index (κ1) is 17.0. The van der Waals surface area contributed by atoms with Crippen molar-refractivity contribution in [3.8, 4) is 0 Å². The van der Waals surface area contributed by atoms with Gasteiger partial charge in [-0.05, 0) is 39.2 Å². The Morgan fingerprint density at radius 1 is 1.43 bits per heavy atom. The molecule has 2 amide bonds. The van der Waals surface area contributed by atoms with E-state index in [2.05, 4.69) is 6.92 Å². The molecule has 0 aromatic heterocycles. The van der Waals surface area contributed by atoms with E-state index in [1.165, 1.54) is 0 Å². The summed E-state index contributed by atoms with van der Waals surface area (Å²) in [5.41, 5.74) is 5.47. The summed E-state index contributed by atoms with van der Waals surface area (Å²) in [5, 5.41) is 0. The summed E-state index contributed by atoms with van der Waals surface area (Å²) in [6.45, 7) is 4.90. The number of hydrogen-bond donors (Lipinski definition) is 1. The van der Waals surface area contributed by atoms with Crippen molar-refractivity contribution in [3.63, 3.8) is 0 Å². The van der Waals surface area contributed by atoms with Gasteiger partial charge in [0.25, 0.3) is 0 Å². The van der Waals surface area contributed by atoms with Crippen LogP contribution in [-0.4, -0.2) is 70.6 Å². The molecule has 0 saturated carbocycles. The summed E-state index contributed by atoms with van der Waals surface area (Å²) < 4.78 is 5.79. The predicted molar refractivity (Wildman–Crippen MR) is 90.0 cm³/mol. The smallest absolute Gasteiger partial charge is 0.246 e. The highest BCUT2D eigenvalue weighted by Crippen LogP contribution is 2.47. The Morgan fingerprint density at radius 3 is 2.87 bits per heavy atom. The van der Waals surface area contributed by atoms with Crippen LogP contribution in [0.5, 0.6) is 0 Å². The van der Waals surface area contributed by atoms with Crippen LogP contribution in [-0.2, 0) is 14.3 Å². The zero-order chi connectivity index (χ0) is 16.4. The summed E-state index contributed by atoms with van der Waals surface area (Å²) in [4.78, 5) is 28.6. The van der Waals surface area contributed by atoms with Crippen LogP contribution in [0.1, 0.15) is 39.0 Å². The third-order valence-corrected chi connectivity index (χ3v) is 6.69. The van der Waals surface area contributed by atoms with Gasteiger partial charge in [0.15, 0.2) is 0 Å². The van der Waals surface area contributed by atoms with E-state index < -0.39 is 0 Å². The minimum Gasteiger partial charge on any atom is -0.378 e.